The third-order valence-corrected chi connectivity index (χ3v) is 2.08. The molecule has 0 amide bonds. The molecule has 0 aliphatic carbocycles. The average Bonchev–Trinajstić information content (AvgIpc) is 2.26. The number of rotatable bonds is 5. The molecular weight excluding hydrogens is 269 g/mol. The molecule has 0 aromatic carbocycles. The third-order valence-electron chi connectivity index (χ3n) is 2.08. The Morgan fingerprint density at radius 3 is 2.58 bits per heavy atom. The molecule has 1 heterocycles. The summed E-state index contributed by atoms with van der Waals surface area (Å²) in [6, 6.07) is 0.912. The standard InChI is InChI=1S/C10H11F3N2O4/c1-18-9-7(19-10(11,12)13)2-5(3-8(16)17)6(4-14)15-9/h2H,3-4,14H2,1H3,(H,16,17). The molecule has 19 heavy (non-hydrogen) atoms. The zero-order chi connectivity index (χ0) is 14.6. The van der Waals surface area contributed by atoms with Crippen LogP contribution in [0, 0.1) is 0 Å². The van der Waals surface area contributed by atoms with Gasteiger partial charge in [-0.25, -0.2) is 4.98 Å². The Morgan fingerprint density at radius 1 is 1.53 bits per heavy atom. The minimum absolute atomic E-state index is 0.0371. The summed E-state index contributed by atoms with van der Waals surface area (Å²) in [6.45, 7) is -0.134. The molecule has 0 aliphatic heterocycles. The van der Waals surface area contributed by atoms with Crippen molar-refractivity contribution in [1.29, 1.82) is 0 Å². The van der Waals surface area contributed by atoms with Crippen molar-refractivity contribution >= 4 is 5.97 Å². The van der Waals surface area contributed by atoms with Gasteiger partial charge in [-0.2, -0.15) is 0 Å². The minimum atomic E-state index is -4.93. The highest BCUT2D eigenvalue weighted by atomic mass is 19.4. The van der Waals surface area contributed by atoms with Gasteiger partial charge in [0.15, 0.2) is 5.75 Å². The van der Waals surface area contributed by atoms with Crippen LogP contribution in [0.4, 0.5) is 13.2 Å². The van der Waals surface area contributed by atoms with Gasteiger partial charge in [-0.1, -0.05) is 0 Å². The van der Waals surface area contributed by atoms with Gasteiger partial charge >= 0.3 is 12.3 Å². The highest BCUT2D eigenvalue weighted by Crippen LogP contribution is 2.32. The van der Waals surface area contributed by atoms with Gasteiger partial charge in [-0.3, -0.25) is 4.79 Å². The molecule has 0 fully saturated rings. The fraction of sp³-hybridized carbons (Fsp3) is 0.400. The van der Waals surface area contributed by atoms with Crippen molar-refractivity contribution in [2.24, 2.45) is 5.73 Å². The summed E-state index contributed by atoms with van der Waals surface area (Å²) < 4.78 is 44.9. The van der Waals surface area contributed by atoms with Crippen LogP contribution in [0.3, 0.4) is 0 Å². The summed E-state index contributed by atoms with van der Waals surface area (Å²) in [5, 5.41) is 8.67. The van der Waals surface area contributed by atoms with Crippen molar-refractivity contribution in [1.82, 2.24) is 4.98 Å². The van der Waals surface area contributed by atoms with Crippen LogP contribution in [-0.2, 0) is 17.8 Å². The highest BCUT2D eigenvalue weighted by molar-refractivity contribution is 5.71. The number of hydrogen-bond acceptors (Lipinski definition) is 5. The number of hydrogen-bond donors (Lipinski definition) is 2. The maximum atomic E-state index is 12.2. The molecule has 3 N–H and O–H groups in total. The van der Waals surface area contributed by atoms with Gasteiger partial charge in [0.2, 0.25) is 0 Å². The third kappa shape index (κ3) is 4.28. The minimum Gasteiger partial charge on any atom is -0.481 e. The molecule has 0 atom stereocenters. The normalized spacial score (nSPS) is 11.2. The maximum Gasteiger partial charge on any atom is 0.573 e. The molecule has 6 nitrogen and oxygen atoms in total. The molecule has 0 bridgehead atoms. The molecule has 1 aromatic heterocycles. The largest absolute Gasteiger partial charge is 0.573 e. The van der Waals surface area contributed by atoms with Gasteiger partial charge < -0.3 is 20.3 Å². The van der Waals surface area contributed by atoms with E-state index in [9.17, 15) is 18.0 Å². The molecule has 9 heteroatoms. The van der Waals surface area contributed by atoms with Gasteiger partial charge in [0.05, 0.1) is 19.2 Å². The first-order valence-corrected chi connectivity index (χ1v) is 5.01. The summed E-state index contributed by atoms with van der Waals surface area (Å²) in [7, 11) is 1.11. The Bertz CT molecular complexity index is 477. The predicted octanol–water partition coefficient (Wildman–Crippen LogP) is 1.07. The van der Waals surface area contributed by atoms with Gasteiger partial charge in [-0.15, -0.1) is 13.2 Å². The molecular formula is C10H11F3N2O4. The second-order valence-corrected chi connectivity index (χ2v) is 3.42. The molecule has 0 aliphatic rings. The Balaban J connectivity index is 3.24. The SMILES string of the molecule is COc1nc(CN)c(CC(=O)O)cc1OC(F)(F)F. The summed E-state index contributed by atoms with van der Waals surface area (Å²) >= 11 is 0. The zero-order valence-corrected chi connectivity index (χ0v) is 9.82. The van der Waals surface area contributed by atoms with E-state index in [1.165, 1.54) is 0 Å². The summed E-state index contributed by atoms with van der Waals surface area (Å²) in [4.78, 5) is 14.3. The van der Waals surface area contributed by atoms with Crippen molar-refractivity contribution in [2.45, 2.75) is 19.3 Å². The van der Waals surface area contributed by atoms with E-state index in [1.807, 2.05) is 0 Å². The first-order chi connectivity index (χ1) is 8.76. The van der Waals surface area contributed by atoms with Gasteiger partial charge in [0.1, 0.15) is 0 Å². The maximum absolute atomic E-state index is 12.2. The van der Waals surface area contributed by atoms with Crippen LogP contribution in [0.25, 0.3) is 0 Å². The van der Waals surface area contributed by atoms with Crippen molar-refractivity contribution in [2.75, 3.05) is 7.11 Å². The number of carboxylic acids is 1. The van der Waals surface area contributed by atoms with Crippen LogP contribution in [-0.4, -0.2) is 29.5 Å². The number of halogens is 3. The molecule has 106 valence electrons. The molecule has 0 unspecified atom stereocenters. The highest BCUT2D eigenvalue weighted by Gasteiger charge is 2.33. The van der Waals surface area contributed by atoms with E-state index in [0.29, 0.717) is 0 Å². The number of pyridine rings is 1. The Labute approximate surface area is 105 Å². The lowest BCUT2D eigenvalue weighted by molar-refractivity contribution is -0.275. The lowest BCUT2D eigenvalue weighted by Crippen LogP contribution is -2.19. The van der Waals surface area contributed by atoms with E-state index in [-0.39, 0.29) is 17.8 Å². The quantitative estimate of drug-likeness (QED) is 0.838. The lowest BCUT2D eigenvalue weighted by Gasteiger charge is -2.14. The second kappa shape index (κ2) is 5.74. The van der Waals surface area contributed by atoms with Crippen molar-refractivity contribution in [3.05, 3.63) is 17.3 Å². The van der Waals surface area contributed by atoms with E-state index >= 15 is 0 Å². The predicted molar refractivity (Wildman–Crippen MR) is 56.7 cm³/mol. The number of aromatic nitrogens is 1. The number of carbonyl (C=O) groups is 1. The molecule has 0 radical (unpaired) electrons. The molecule has 0 saturated heterocycles. The van der Waals surface area contributed by atoms with E-state index in [4.69, 9.17) is 10.8 Å². The number of nitrogens with zero attached hydrogens (tertiary/aromatic N) is 1. The topological polar surface area (TPSA) is 94.7 Å². The van der Waals surface area contributed by atoms with E-state index in [1.54, 1.807) is 0 Å². The molecule has 1 rings (SSSR count). The van der Waals surface area contributed by atoms with Crippen LogP contribution < -0.4 is 15.2 Å². The summed E-state index contributed by atoms with van der Waals surface area (Å²) in [5.41, 5.74) is 5.52. The van der Waals surface area contributed by atoms with Crippen molar-refractivity contribution in [3.63, 3.8) is 0 Å². The van der Waals surface area contributed by atoms with E-state index < -0.39 is 30.4 Å². The monoisotopic (exact) mass is 280 g/mol. The second-order valence-electron chi connectivity index (χ2n) is 3.42. The first kappa shape index (κ1) is 15.0. The Kier molecular flexibility index (Phi) is 4.54. The summed E-state index contributed by atoms with van der Waals surface area (Å²) in [6.07, 6.45) is -5.45. The molecule has 1 aromatic rings. The first-order valence-electron chi connectivity index (χ1n) is 5.01. The smallest absolute Gasteiger partial charge is 0.481 e. The van der Waals surface area contributed by atoms with Crippen LogP contribution in [0.15, 0.2) is 6.07 Å². The van der Waals surface area contributed by atoms with Gasteiger partial charge in [0, 0.05) is 6.54 Å². The number of ether oxygens (including phenoxy) is 2. The van der Waals surface area contributed by atoms with E-state index in [2.05, 4.69) is 14.5 Å². The number of aliphatic carboxylic acids is 1. The summed E-state index contributed by atoms with van der Waals surface area (Å²) in [5.74, 6) is -2.34. The van der Waals surface area contributed by atoms with Crippen LogP contribution in [0.2, 0.25) is 0 Å². The molecule has 0 saturated carbocycles. The van der Waals surface area contributed by atoms with Gasteiger partial charge in [0.25, 0.3) is 5.88 Å². The Hall–Kier alpha value is -2.03. The van der Waals surface area contributed by atoms with Crippen LogP contribution in [0.1, 0.15) is 11.3 Å². The fourth-order valence-electron chi connectivity index (χ4n) is 1.39. The zero-order valence-electron chi connectivity index (χ0n) is 9.82. The average molecular weight is 280 g/mol. The number of methoxy groups -OCH3 is 1. The van der Waals surface area contributed by atoms with Crippen molar-refractivity contribution < 1.29 is 32.5 Å². The van der Waals surface area contributed by atoms with E-state index in [0.717, 1.165) is 13.2 Å². The fourth-order valence-corrected chi connectivity index (χ4v) is 1.39. The number of carboxylic acid groups (broad SMARTS) is 1. The Morgan fingerprint density at radius 2 is 2.16 bits per heavy atom. The van der Waals surface area contributed by atoms with Crippen LogP contribution in [0.5, 0.6) is 11.6 Å². The van der Waals surface area contributed by atoms with Crippen molar-refractivity contribution in [3.8, 4) is 11.6 Å². The molecule has 0 spiro atoms. The van der Waals surface area contributed by atoms with Crippen LogP contribution >= 0.6 is 0 Å². The lowest BCUT2D eigenvalue weighted by atomic mass is 10.1. The number of alkyl halides is 3. The van der Waals surface area contributed by atoms with Gasteiger partial charge in [-0.05, 0) is 11.6 Å². The number of nitrogens with two attached hydrogens (primary N) is 1.